The van der Waals surface area contributed by atoms with Crippen molar-refractivity contribution in [3.05, 3.63) is 52.0 Å². The average molecular weight is 337 g/mol. The molecule has 1 aromatic carbocycles. The second-order valence-corrected chi connectivity index (χ2v) is 8.17. The summed E-state index contributed by atoms with van der Waals surface area (Å²) in [7, 11) is 0. The minimum Gasteiger partial charge on any atom is -0.334 e. The standard InChI is InChI=1S/C19H19N3OS/c1-12-6-9-17(24-12)19(23)21-10-14(11-21)22-16-5-3-2-4-15(16)20-18(22)13-7-8-13/h2-6,9,13-14H,7-8,10-11H2,1H3. The molecule has 0 radical (unpaired) electrons. The molecule has 1 aliphatic carbocycles. The number of thiophene rings is 1. The fourth-order valence-electron chi connectivity index (χ4n) is 3.57. The lowest BCUT2D eigenvalue weighted by Gasteiger charge is -2.40. The van der Waals surface area contributed by atoms with E-state index in [4.69, 9.17) is 4.98 Å². The van der Waals surface area contributed by atoms with Crippen LogP contribution in [0.5, 0.6) is 0 Å². The number of likely N-dealkylation sites (tertiary alicyclic amines) is 1. The molecule has 4 nitrogen and oxygen atoms in total. The molecule has 3 aromatic rings. The van der Waals surface area contributed by atoms with Gasteiger partial charge in [-0.3, -0.25) is 4.79 Å². The second-order valence-electron chi connectivity index (χ2n) is 6.88. The van der Waals surface area contributed by atoms with Gasteiger partial charge in [-0.05, 0) is 44.0 Å². The first-order valence-electron chi connectivity index (χ1n) is 8.53. The molecule has 1 saturated heterocycles. The minimum absolute atomic E-state index is 0.168. The highest BCUT2D eigenvalue weighted by atomic mass is 32.1. The van der Waals surface area contributed by atoms with Gasteiger partial charge in [0, 0.05) is 23.9 Å². The van der Waals surface area contributed by atoms with Crippen LogP contribution in [0.4, 0.5) is 0 Å². The number of aromatic nitrogens is 2. The summed E-state index contributed by atoms with van der Waals surface area (Å²) < 4.78 is 2.40. The van der Waals surface area contributed by atoms with Gasteiger partial charge < -0.3 is 9.47 Å². The Morgan fingerprint density at radius 2 is 1.96 bits per heavy atom. The summed E-state index contributed by atoms with van der Waals surface area (Å²) in [5.41, 5.74) is 2.29. The monoisotopic (exact) mass is 337 g/mol. The van der Waals surface area contributed by atoms with E-state index in [1.165, 1.54) is 29.1 Å². The summed E-state index contributed by atoms with van der Waals surface area (Å²) in [4.78, 5) is 21.4. The first-order valence-corrected chi connectivity index (χ1v) is 9.35. The number of para-hydroxylation sites is 2. The van der Waals surface area contributed by atoms with Crippen molar-refractivity contribution in [3.63, 3.8) is 0 Å². The molecule has 1 saturated carbocycles. The normalized spacial score (nSPS) is 18.1. The summed E-state index contributed by atoms with van der Waals surface area (Å²) in [5, 5.41) is 0. The lowest BCUT2D eigenvalue weighted by Crippen LogP contribution is -2.50. The Morgan fingerprint density at radius 3 is 2.67 bits per heavy atom. The molecule has 5 rings (SSSR count). The number of fused-ring (bicyclic) bond motifs is 1. The van der Waals surface area contributed by atoms with Crippen LogP contribution in [-0.4, -0.2) is 33.4 Å². The van der Waals surface area contributed by atoms with Crippen LogP contribution in [0.2, 0.25) is 0 Å². The fraction of sp³-hybridized carbons (Fsp3) is 0.368. The zero-order valence-electron chi connectivity index (χ0n) is 13.6. The van der Waals surface area contributed by atoms with E-state index in [1.54, 1.807) is 11.3 Å². The van der Waals surface area contributed by atoms with E-state index in [2.05, 4.69) is 22.8 Å². The van der Waals surface area contributed by atoms with Crippen LogP contribution in [0.3, 0.4) is 0 Å². The molecule has 0 N–H and O–H groups in total. The average Bonchev–Trinajstić information content (AvgIpc) is 3.19. The molecule has 2 aromatic heterocycles. The Hall–Kier alpha value is -2.14. The topological polar surface area (TPSA) is 38.1 Å². The summed E-state index contributed by atoms with van der Waals surface area (Å²) in [6.45, 7) is 3.62. The molecule has 122 valence electrons. The maximum Gasteiger partial charge on any atom is 0.264 e. The molecular weight excluding hydrogens is 318 g/mol. The third kappa shape index (κ3) is 2.18. The molecular formula is C19H19N3OS. The third-order valence-electron chi connectivity index (χ3n) is 5.03. The third-order valence-corrected chi connectivity index (χ3v) is 6.02. The van der Waals surface area contributed by atoms with Crippen molar-refractivity contribution in [2.75, 3.05) is 13.1 Å². The summed E-state index contributed by atoms with van der Waals surface area (Å²) in [6.07, 6.45) is 2.49. The number of benzene rings is 1. The highest BCUT2D eigenvalue weighted by Crippen LogP contribution is 2.43. The van der Waals surface area contributed by atoms with E-state index in [-0.39, 0.29) is 5.91 Å². The zero-order valence-corrected chi connectivity index (χ0v) is 14.4. The molecule has 0 spiro atoms. The number of hydrogen-bond donors (Lipinski definition) is 0. The van der Waals surface area contributed by atoms with Crippen molar-refractivity contribution in [3.8, 4) is 0 Å². The summed E-state index contributed by atoms with van der Waals surface area (Å²) >= 11 is 1.58. The van der Waals surface area contributed by atoms with E-state index < -0.39 is 0 Å². The van der Waals surface area contributed by atoms with Gasteiger partial charge in [-0.15, -0.1) is 11.3 Å². The number of carbonyl (C=O) groups excluding carboxylic acids is 1. The van der Waals surface area contributed by atoms with Gasteiger partial charge >= 0.3 is 0 Å². The van der Waals surface area contributed by atoms with Crippen LogP contribution in [-0.2, 0) is 0 Å². The molecule has 24 heavy (non-hydrogen) atoms. The van der Waals surface area contributed by atoms with E-state index in [0.717, 1.165) is 23.5 Å². The molecule has 2 fully saturated rings. The van der Waals surface area contributed by atoms with Crippen molar-refractivity contribution in [1.82, 2.24) is 14.5 Å². The zero-order chi connectivity index (χ0) is 16.3. The smallest absolute Gasteiger partial charge is 0.264 e. The first-order chi connectivity index (χ1) is 11.7. The number of imidazole rings is 1. The predicted molar refractivity (Wildman–Crippen MR) is 95.7 cm³/mol. The molecule has 5 heteroatoms. The van der Waals surface area contributed by atoms with E-state index >= 15 is 0 Å². The van der Waals surface area contributed by atoms with Crippen LogP contribution in [0.1, 0.15) is 45.2 Å². The largest absolute Gasteiger partial charge is 0.334 e. The van der Waals surface area contributed by atoms with E-state index in [0.29, 0.717) is 12.0 Å². The van der Waals surface area contributed by atoms with Crippen molar-refractivity contribution in [2.24, 2.45) is 0 Å². The van der Waals surface area contributed by atoms with Gasteiger partial charge in [-0.1, -0.05) is 12.1 Å². The van der Waals surface area contributed by atoms with Crippen molar-refractivity contribution >= 4 is 28.3 Å². The van der Waals surface area contributed by atoms with E-state index in [1.807, 2.05) is 30.0 Å². The number of hydrogen-bond acceptors (Lipinski definition) is 3. The quantitative estimate of drug-likeness (QED) is 0.725. The maximum atomic E-state index is 12.6. The molecule has 0 unspecified atom stereocenters. The first kappa shape index (κ1) is 14.2. The summed E-state index contributed by atoms with van der Waals surface area (Å²) in [5.74, 6) is 2.00. The van der Waals surface area contributed by atoms with Crippen molar-refractivity contribution in [2.45, 2.75) is 31.7 Å². The molecule has 1 aliphatic heterocycles. The second kappa shape index (κ2) is 5.18. The predicted octanol–water partition coefficient (Wildman–Crippen LogP) is 3.98. The molecule has 0 atom stereocenters. The van der Waals surface area contributed by atoms with Gasteiger partial charge in [0.15, 0.2) is 0 Å². The number of rotatable bonds is 3. The fourth-order valence-corrected chi connectivity index (χ4v) is 4.40. The van der Waals surface area contributed by atoms with Gasteiger partial charge in [0.2, 0.25) is 0 Å². The number of nitrogens with zero attached hydrogens (tertiary/aromatic N) is 3. The Kier molecular flexibility index (Phi) is 3.07. The summed E-state index contributed by atoms with van der Waals surface area (Å²) in [6, 6.07) is 12.7. The Bertz CT molecular complexity index is 931. The number of carbonyl (C=O) groups is 1. The Balaban J connectivity index is 1.42. The Morgan fingerprint density at radius 1 is 1.17 bits per heavy atom. The van der Waals surface area contributed by atoms with E-state index in [9.17, 15) is 4.79 Å². The maximum absolute atomic E-state index is 12.6. The number of aryl methyl sites for hydroxylation is 1. The van der Waals surface area contributed by atoms with Gasteiger partial charge in [0.05, 0.1) is 22.0 Å². The van der Waals surface area contributed by atoms with Gasteiger partial charge in [0.25, 0.3) is 5.91 Å². The van der Waals surface area contributed by atoms with Gasteiger partial charge in [0.1, 0.15) is 5.82 Å². The van der Waals surface area contributed by atoms with Crippen LogP contribution in [0, 0.1) is 6.92 Å². The SMILES string of the molecule is Cc1ccc(C(=O)N2CC(n3c(C4CC4)nc4ccccc43)C2)s1. The van der Waals surface area contributed by atoms with Gasteiger partial charge in [-0.2, -0.15) is 0 Å². The molecule has 0 bridgehead atoms. The minimum atomic E-state index is 0.168. The molecule has 2 aliphatic rings. The number of amides is 1. The Labute approximate surface area is 144 Å². The van der Waals surface area contributed by atoms with Crippen LogP contribution >= 0.6 is 11.3 Å². The molecule has 3 heterocycles. The lowest BCUT2D eigenvalue weighted by molar-refractivity contribution is 0.0527. The van der Waals surface area contributed by atoms with Gasteiger partial charge in [-0.25, -0.2) is 4.98 Å². The molecule has 1 amide bonds. The van der Waals surface area contributed by atoms with Crippen LogP contribution in [0.25, 0.3) is 11.0 Å². The van der Waals surface area contributed by atoms with Crippen molar-refractivity contribution in [1.29, 1.82) is 0 Å². The van der Waals surface area contributed by atoms with Crippen LogP contribution in [0.15, 0.2) is 36.4 Å². The highest BCUT2D eigenvalue weighted by Gasteiger charge is 2.38. The lowest BCUT2D eigenvalue weighted by atomic mass is 10.1. The highest BCUT2D eigenvalue weighted by molar-refractivity contribution is 7.13. The van der Waals surface area contributed by atoms with Crippen molar-refractivity contribution < 1.29 is 4.79 Å². The van der Waals surface area contributed by atoms with Crippen LogP contribution < -0.4 is 0 Å².